The molecule has 0 aromatic rings. The van der Waals surface area contributed by atoms with Crippen molar-refractivity contribution in [1.29, 1.82) is 0 Å². The van der Waals surface area contributed by atoms with Crippen LogP contribution in [0.4, 0.5) is 0 Å². The van der Waals surface area contributed by atoms with E-state index < -0.39 is 0 Å². The van der Waals surface area contributed by atoms with Crippen molar-refractivity contribution in [2.24, 2.45) is 11.8 Å². The minimum atomic E-state index is -0.304. The molecule has 1 amide bonds. The maximum absolute atomic E-state index is 12.2. The number of nitrogens with zero attached hydrogens (tertiary/aromatic N) is 1. The van der Waals surface area contributed by atoms with Crippen LogP contribution in [0.1, 0.15) is 71.1 Å². The van der Waals surface area contributed by atoms with Gasteiger partial charge in [0.2, 0.25) is 5.91 Å². The molecule has 3 heteroatoms. The van der Waals surface area contributed by atoms with Crippen molar-refractivity contribution in [3.05, 3.63) is 0 Å². The van der Waals surface area contributed by atoms with Crippen molar-refractivity contribution in [3.63, 3.8) is 0 Å². The van der Waals surface area contributed by atoms with E-state index >= 15 is 0 Å². The number of hydrogen-bond acceptors (Lipinski definition) is 2. The fraction of sp³-hybridized carbons (Fsp3) is 0.941. The molecule has 116 valence electrons. The number of rotatable bonds is 5. The second-order valence-electron chi connectivity index (χ2n) is 6.79. The minimum Gasteiger partial charge on any atom is -0.391 e. The molecule has 1 heterocycles. The van der Waals surface area contributed by atoms with E-state index in [2.05, 4.69) is 6.92 Å². The monoisotopic (exact) mass is 281 g/mol. The lowest BCUT2D eigenvalue weighted by molar-refractivity contribution is -0.132. The first-order chi connectivity index (χ1) is 9.70. The number of carbonyl (C=O) groups is 1. The van der Waals surface area contributed by atoms with Gasteiger partial charge in [0.25, 0.3) is 0 Å². The van der Waals surface area contributed by atoms with Crippen molar-refractivity contribution in [3.8, 4) is 0 Å². The van der Waals surface area contributed by atoms with E-state index in [1.54, 1.807) is 0 Å². The molecule has 2 rings (SSSR count). The third-order valence-electron chi connectivity index (χ3n) is 5.22. The number of β-amino-alcohol motifs (C(OH)–C–C–N with tert-alkyl or cyclic N) is 1. The first kappa shape index (κ1) is 15.8. The Labute approximate surface area is 123 Å². The predicted molar refractivity (Wildman–Crippen MR) is 81.4 cm³/mol. The Balaban J connectivity index is 1.82. The molecular formula is C17H31NO2. The number of aliphatic hydroxyl groups excluding tert-OH is 1. The van der Waals surface area contributed by atoms with Crippen molar-refractivity contribution in [1.82, 2.24) is 4.90 Å². The summed E-state index contributed by atoms with van der Waals surface area (Å²) < 4.78 is 0. The summed E-state index contributed by atoms with van der Waals surface area (Å²) in [4.78, 5) is 14.1. The lowest BCUT2D eigenvalue weighted by atomic mass is 9.85. The second-order valence-corrected chi connectivity index (χ2v) is 6.79. The fourth-order valence-electron chi connectivity index (χ4n) is 3.88. The molecule has 1 aliphatic heterocycles. The molecular weight excluding hydrogens is 250 g/mol. The Morgan fingerprint density at radius 3 is 2.65 bits per heavy atom. The standard InChI is InChI=1S/C17H31NO2/c1-2-6-14-9-10-17(20)18(12-11-14)13-16(19)15-7-4-3-5-8-15/h14-16,19H,2-13H2,1H3. The largest absolute Gasteiger partial charge is 0.391 e. The van der Waals surface area contributed by atoms with Crippen LogP contribution in [0.3, 0.4) is 0 Å². The third kappa shape index (κ3) is 4.47. The van der Waals surface area contributed by atoms with Gasteiger partial charge in [0.05, 0.1) is 6.10 Å². The highest BCUT2D eigenvalue weighted by Crippen LogP contribution is 2.28. The van der Waals surface area contributed by atoms with Crippen LogP contribution < -0.4 is 0 Å². The van der Waals surface area contributed by atoms with Gasteiger partial charge in [-0.05, 0) is 37.5 Å². The molecule has 0 spiro atoms. The van der Waals surface area contributed by atoms with E-state index in [0.29, 0.717) is 24.8 Å². The average Bonchev–Trinajstić information content (AvgIpc) is 2.64. The summed E-state index contributed by atoms with van der Waals surface area (Å²) in [5.74, 6) is 1.39. The van der Waals surface area contributed by atoms with Crippen LogP contribution in [0, 0.1) is 11.8 Å². The maximum atomic E-state index is 12.2. The second kappa shape index (κ2) is 8.02. The summed E-state index contributed by atoms with van der Waals surface area (Å²) in [6.45, 7) is 3.65. The topological polar surface area (TPSA) is 40.5 Å². The number of carbonyl (C=O) groups excluding carboxylic acids is 1. The molecule has 0 radical (unpaired) electrons. The molecule has 2 fully saturated rings. The maximum Gasteiger partial charge on any atom is 0.222 e. The minimum absolute atomic E-state index is 0.262. The van der Waals surface area contributed by atoms with Gasteiger partial charge in [0.1, 0.15) is 0 Å². The molecule has 1 N–H and O–H groups in total. The molecule has 0 aromatic carbocycles. The third-order valence-corrected chi connectivity index (χ3v) is 5.22. The van der Waals surface area contributed by atoms with E-state index in [1.807, 2.05) is 4.90 Å². The zero-order chi connectivity index (χ0) is 14.4. The van der Waals surface area contributed by atoms with Gasteiger partial charge in [-0.2, -0.15) is 0 Å². The number of likely N-dealkylation sites (tertiary alicyclic amines) is 1. The van der Waals surface area contributed by atoms with Crippen molar-refractivity contribution < 1.29 is 9.90 Å². The van der Waals surface area contributed by atoms with Gasteiger partial charge in [0, 0.05) is 19.5 Å². The van der Waals surface area contributed by atoms with Gasteiger partial charge in [-0.1, -0.05) is 39.0 Å². The Kier molecular flexibility index (Phi) is 6.34. The van der Waals surface area contributed by atoms with E-state index in [1.165, 1.54) is 32.1 Å². The summed E-state index contributed by atoms with van der Waals surface area (Å²) in [6, 6.07) is 0. The van der Waals surface area contributed by atoms with Gasteiger partial charge < -0.3 is 10.0 Å². The molecule has 2 atom stereocenters. The number of aliphatic hydroxyl groups is 1. The Morgan fingerprint density at radius 1 is 1.20 bits per heavy atom. The zero-order valence-corrected chi connectivity index (χ0v) is 13.0. The first-order valence-corrected chi connectivity index (χ1v) is 8.66. The quantitative estimate of drug-likeness (QED) is 0.839. The predicted octanol–water partition coefficient (Wildman–Crippen LogP) is 3.36. The summed E-state index contributed by atoms with van der Waals surface area (Å²) in [6.07, 6.45) is 11.1. The highest BCUT2D eigenvalue weighted by Gasteiger charge is 2.27. The van der Waals surface area contributed by atoms with Gasteiger partial charge in [-0.3, -0.25) is 4.79 Å². The lowest BCUT2D eigenvalue weighted by Gasteiger charge is -2.31. The zero-order valence-electron chi connectivity index (χ0n) is 13.0. The number of hydrogen-bond donors (Lipinski definition) is 1. The molecule has 1 saturated carbocycles. The fourth-order valence-corrected chi connectivity index (χ4v) is 3.88. The first-order valence-electron chi connectivity index (χ1n) is 8.66. The SMILES string of the molecule is CCCC1CCC(=O)N(CC(O)C2CCCCC2)CC1. The molecule has 3 nitrogen and oxygen atoms in total. The van der Waals surface area contributed by atoms with E-state index in [-0.39, 0.29) is 12.0 Å². The summed E-state index contributed by atoms with van der Waals surface area (Å²) in [5.41, 5.74) is 0. The Bertz CT molecular complexity index is 299. The van der Waals surface area contributed by atoms with Crippen LogP contribution in [0.25, 0.3) is 0 Å². The highest BCUT2D eigenvalue weighted by atomic mass is 16.3. The molecule has 2 aliphatic rings. The van der Waals surface area contributed by atoms with Crippen molar-refractivity contribution in [2.75, 3.05) is 13.1 Å². The van der Waals surface area contributed by atoms with Crippen LogP contribution in [-0.2, 0) is 4.79 Å². The molecule has 1 saturated heterocycles. The average molecular weight is 281 g/mol. The summed E-state index contributed by atoms with van der Waals surface area (Å²) in [5, 5.41) is 10.4. The Hall–Kier alpha value is -0.570. The molecule has 0 bridgehead atoms. The summed E-state index contributed by atoms with van der Waals surface area (Å²) in [7, 11) is 0. The smallest absolute Gasteiger partial charge is 0.222 e. The molecule has 0 aromatic heterocycles. The van der Waals surface area contributed by atoms with Gasteiger partial charge in [-0.25, -0.2) is 0 Å². The lowest BCUT2D eigenvalue weighted by Crippen LogP contribution is -2.40. The number of amides is 1. The highest BCUT2D eigenvalue weighted by molar-refractivity contribution is 5.76. The van der Waals surface area contributed by atoms with Crippen LogP contribution in [0.5, 0.6) is 0 Å². The molecule has 20 heavy (non-hydrogen) atoms. The molecule has 1 aliphatic carbocycles. The molecule has 2 unspecified atom stereocenters. The van der Waals surface area contributed by atoms with Gasteiger partial charge >= 0.3 is 0 Å². The normalized spacial score (nSPS) is 27.4. The van der Waals surface area contributed by atoms with E-state index in [0.717, 1.165) is 32.2 Å². The van der Waals surface area contributed by atoms with Gasteiger partial charge in [0.15, 0.2) is 0 Å². The van der Waals surface area contributed by atoms with Crippen LogP contribution in [0.2, 0.25) is 0 Å². The van der Waals surface area contributed by atoms with Crippen molar-refractivity contribution >= 4 is 5.91 Å². The van der Waals surface area contributed by atoms with Crippen LogP contribution in [0.15, 0.2) is 0 Å². The van der Waals surface area contributed by atoms with Gasteiger partial charge in [-0.15, -0.1) is 0 Å². The van der Waals surface area contributed by atoms with Crippen LogP contribution in [-0.4, -0.2) is 35.1 Å². The summed E-state index contributed by atoms with van der Waals surface area (Å²) >= 11 is 0. The van der Waals surface area contributed by atoms with E-state index in [4.69, 9.17) is 0 Å². The van der Waals surface area contributed by atoms with Crippen LogP contribution >= 0.6 is 0 Å². The Morgan fingerprint density at radius 2 is 1.95 bits per heavy atom. The van der Waals surface area contributed by atoms with Crippen molar-refractivity contribution in [2.45, 2.75) is 77.2 Å². The van der Waals surface area contributed by atoms with E-state index in [9.17, 15) is 9.90 Å².